The quantitative estimate of drug-likeness (QED) is 0.861. The molecule has 0 aliphatic carbocycles. The SMILES string of the molecule is CC(C)(C)OC(=O)NC(C=O)c1ccc(-c2ccccc2)s1. The van der Waals surface area contributed by atoms with E-state index in [2.05, 4.69) is 5.32 Å². The average Bonchev–Trinajstić information content (AvgIpc) is 2.93. The fraction of sp³-hybridized carbons (Fsp3) is 0.294. The van der Waals surface area contributed by atoms with Crippen molar-refractivity contribution in [3.05, 3.63) is 47.3 Å². The Morgan fingerprint density at radius 3 is 2.45 bits per heavy atom. The van der Waals surface area contributed by atoms with Gasteiger partial charge < -0.3 is 14.8 Å². The molecule has 0 saturated heterocycles. The fourth-order valence-electron chi connectivity index (χ4n) is 1.88. The van der Waals surface area contributed by atoms with Crippen LogP contribution in [0.15, 0.2) is 42.5 Å². The standard InChI is InChI=1S/C17H19NO3S/c1-17(2,3)21-16(20)18-13(11-19)15-10-9-14(22-15)12-7-5-4-6-8-12/h4-11,13H,1-3H3,(H,18,20). The monoisotopic (exact) mass is 317 g/mol. The van der Waals surface area contributed by atoms with Crippen LogP contribution in [0.5, 0.6) is 0 Å². The van der Waals surface area contributed by atoms with Gasteiger partial charge in [0.05, 0.1) is 0 Å². The molecule has 0 bridgehead atoms. The van der Waals surface area contributed by atoms with Gasteiger partial charge in [0.2, 0.25) is 0 Å². The van der Waals surface area contributed by atoms with E-state index in [0.29, 0.717) is 6.29 Å². The lowest BCUT2D eigenvalue weighted by Gasteiger charge is -2.21. The maximum absolute atomic E-state index is 11.8. The summed E-state index contributed by atoms with van der Waals surface area (Å²) in [5, 5.41) is 2.59. The second-order valence-corrected chi connectivity index (χ2v) is 6.94. The molecule has 2 aromatic rings. The van der Waals surface area contributed by atoms with Gasteiger partial charge >= 0.3 is 6.09 Å². The zero-order valence-electron chi connectivity index (χ0n) is 12.8. The molecule has 0 aliphatic rings. The van der Waals surface area contributed by atoms with Crippen molar-refractivity contribution in [2.75, 3.05) is 0 Å². The molecule has 2 rings (SSSR count). The summed E-state index contributed by atoms with van der Waals surface area (Å²) in [4.78, 5) is 24.9. The molecule has 1 aromatic heterocycles. The number of carbonyl (C=O) groups is 2. The number of aldehydes is 1. The lowest BCUT2D eigenvalue weighted by Crippen LogP contribution is -2.35. The minimum absolute atomic E-state index is 0.595. The van der Waals surface area contributed by atoms with Crippen LogP contribution in [0.3, 0.4) is 0 Å². The van der Waals surface area contributed by atoms with E-state index >= 15 is 0 Å². The molecule has 1 N–H and O–H groups in total. The average molecular weight is 317 g/mol. The number of amides is 1. The van der Waals surface area contributed by atoms with Gasteiger partial charge in [0, 0.05) is 9.75 Å². The topological polar surface area (TPSA) is 55.4 Å². The Morgan fingerprint density at radius 1 is 1.18 bits per heavy atom. The third-order valence-electron chi connectivity index (χ3n) is 2.80. The van der Waals surface area contributed by atoms with Gasteiger partial charge in [0.15, 0.2) is 0 Å². The fourth-order valence-corrected chi connectivity index (χ4v) is 2.91. The normalized spacial score (nSPS) is 12.5. The number of carbonyl (C=O) groups excluding carboxylic acids is 2. The molecule has 0 spiro atoms. The minimum Gasteiger partial charge on any atom is -0.444 e. The van der Waals surface area contributed by atoms with Crippen molar-refractivity contribution >= 4 is 23.7 Å². The molecule has 0 aliphatic heterocycles. The number of nitrogens with one attached hydrogen (secondary N) is 1. The number of thiophene rings is 1. The molecule has 1 amide bonds. The summed E-state index contributed by atoms with van der Waals surface area (Å²) in [5.41, 5.74) is 0.489. The zero-order chi connectivity index (χ0) is 16.2. The Bertz CT molecular complexity index is 643. The zero-order valence-corrected chi connectivity index (χ0v) is 13.6. The lowest BCUT2D eigenvalue weighted by atomic mass is 10.2. The number of rotatable bonds is 4. The third kappa shape index (κ3) is 4.43. The first kappa shape index (κ1) is 16.2. The van der Waals surface area contributed by atoms with Crippen LogP contribution in [-0.4, -0.2) is 18.0 Å². The number of benzene rings is 1. The number of alkyl carbamates (subject to hydrolysis) is 1. The predicted molar refractivity (Wildman–Crippen MR) is 87.9 cm³/mol. The van der Waals surface area contributed by atoms with Crippen LogP contribution in [0.4, 0.5) is 4.79 Å². The Balaban J connectivity index is 2.11. The third-order valence-corrected chi connectivity index (χ3v) is 4.02. The van der Waals surface area contributed by atoms with Crippen molar-refractivity contribution in [3.8, 4) is 10.4 Å². The Labute approximate surface area is 134 Å². The van der Waals surface area contributed by atoms with Crippen LogP contribution in [0.25, 0.3) is 10.4 Å². The van der Waals surface area contributed by atoms with Gasteiger partial charge in [0.1, 0.15) is 17.9 Å². The van der Waals surface area contributed by atoms with Crippen molar-refractivity contribution < 1.29 is 14.3 Å². The van der Waals surface area contributed by atoms with Crippen molar-refractivity contribution in [2.45, 2.75) is 32.4 Å². The number of hydrogen-bond acceptors (Lipinski definition) is 4. The highest BCUT2D eigenvalue weighted by molar-refractivity contribution is 7.15. The molecule has 22 heavy (non-hydrogen) atoms. The smallest absolute Gasteiger partial charge is 0.408 e. The summed E-state index contributed by atoms with van der Waals surface area (Å²) in [6, 6.07) is 13.0. The molecule has 1 heterocycles. The summed E-state index contributed by atoms with van der Waals surface area (Å²) in [7, 11) is 0. The summed E-state index contributed by atoms with van der Waals surface area (Å²) in [6.45, 7) is 5.34. The van der Waals surface area contributed by atoms with Crippen molar-refractivity contribution in [1.82, 2.24) is 5.32 Å². The van der Waals surface area contributed by atoms with E-state index in [9.17, 15) is 9.59 Å². The van der Waals surface area contributed by atoms with Crippen LogP contribution < -0.4 is 5.32 Å². The number of hydrogen-bond donors (Lipinski definition) is 1. The van der Waals surface area contributed by atoms with Gasteiger partial charge in [0.25, 0.3) is 0 Å². The molecule has 0 saturated carbocycles. The first-order chi connectivity index (χ1) is 10.4. The Kier molecular flexibility index (Phi) is 4.98. The molecule has 4 nitrogen and oxygen atoms in total. The first-order valence-electron chi connectivity index (χ1n) is 6.99. The van der Waals surface area contributed by atoms with Crippen molar-refractivity contribution in [3.63, 3.8) is 0 Å². The second-order valence-electron chi connectivity index (χ2n) is 5.83. The first-order valence-corrected chi connectivity index (χ1v) is 7.80. The van der Waals surface area contributed by atoms with E-state index in [1.807, 2.05) is 42.5 Å². The molecular weight excluding hydrogens is 298 g/mol. The molecule has 1 unspecified atom stereocenters. The summed E-state index contributed by atoms with van der Waals surface area (Å²) >= 11 is 1.48. The van der Waals surface area contributed by atoms with Gasteiger partial charge in [-0.3, -0.25) is 0 Å². The molecular formula is C17H19NO3S. The Hall–Kier alpha value is -2.14. The molecule has 0 radical (unpaired) electrons. The molecule has 116 valence electrons. The van der Waals surface area contributed by atoms with Gasteiger partial charge in [-0.1, -0.05) is 30.3 Å². The lowest BCUT2D eigenvalue weighted by molar-refractivity contribution is -0.109. The maximum Gasteiger partial charge on any atom is 0.408 e. The van der Waals surface area contributed by atoms with Crippen LogP contribution in [-0.2, 0) is 9.53 Å². The van der Waals surface area contributed by atoms with E-state index < -0.39 is 17.7 Å². The van der Waals surface area contributed by atoms with Gasteiger partial charge in [-0.25, -0.2) is 4.79 Å². The highest BCUT2D eigenvalue weighted by Gasteiger charge is 2.21. The van der Waals surface area contributed by atoms with E-state index in [1.165, 1.54) is 11.3 Å². The molecule has 1 aromatic carbocycles. The molecule has 1 atom stereocenters. The van der Waals surface area contributed by atoms with E-state index in [1.54, 1.807) is 20.8 Å². The van der Waals surface area contributed by atoms with Gasteiger partial charge in [-0.2, -0.15) is 0 Å². The minimum atomic E-state index is -0.697. The maximum atomic E-state index is 11.8. The van der Waals surface area contributed by atoms with Crippen LogP contribution in [0.1, 0.15) is 31.7 Å². The highest BCUT2D eigenvalue weighted by Crippen LogP contribution is 2.30. The van der Waals surface area contributed by atoms with Crippen molar-refractivity contribution in [1.29, 1.82) is 0 Å². The summed E-state index contributed by atoms with van der Waals surface area (Å²) < 4.78 is 5.18. The number of ether oxygens (including phenoxy) is 1. The van der Waals surface area contributed by atoms with Gasteiger partial charge in [-0.05, 0) is 38.5 Å². The highest BCUT2D eigenvalue weighted by atomic mass is 32.1. The van der Waals surface area contributed by atoms with E-state index in [0.717, 1.165) is 15.3 Å². The Morgan fingerprint density at radius 2 is 1.86 bits per heavy atom. The molecule has 5 heteroatoms. The van der Waals surface area contributed by atoms with E-state index in [-0.39, 0.29) is 0 Å². The summed E-state index contributed by atoms with van der Waals surface area (Å²) in [5.74, 6) is 0. The van der Waals surface area contributed by atoms with Crippen LogP contribution in [0, 0.1) is 0 Å². The van der Waals surface area contributed by atoms with E-state index in [4.69, 9.17) is 4.74 Å². The van der Waals surface area contributed by atoms with Gasteiger partial charge in [-0.15, -0.1) is 11.3 Å². The van der Waals surface area contributed by atoms with Crippen LogP contribution >= 0.6 is 11.3 Å². The van der Waals surface area contributed by atoms with Crippen LogP contribution in [0.2, 0.25) is 0 Å². The van der Waals surface area contributed by atoms with Crippen molar-refractivity contribution in [2.24, 2.45) is 0 Å². The largest absolute Gasteiger partial charge is 0.444 e. The predicted octanol–water partition coefficient (Wildman–Crippen LogP) is 4.18. The second kappa shape index (κ2) is 6.75. The summed E-state index contributed by atoms with van der Waals surface area (Å²) in [6.07, 6.45) is 0.115. The molecule has 0 fully saturated rings.